The fourth-order valence-corrected chi connectivity index (χ4v) is 2.55. The van der Waals surface area contributed by atoms with Crippen molar-refractivity contribution in [1.29, 1.82) is 0 Å². The molecule has 1 aliphatic rings. The van der Waals surface area contributed by atoms with Crippen molar-refractivity contribution in [3.05, 3.63) is 16.1 Å². The van der Waals surface area contributed by atoms with E-state index in [9.17, 15) is 0 Å². The normalized spacial score (nSPS) is 17.8. The Bertz CT molecular complexity index is 253. The van der Waals surface area contributed by atoms with E-state index in [1.165, 1.54) is 29.1 Å². The van der Waals surface area contributed by atoms with Crippen molar-refractivity contribution in [2.75, 3.05) is 6.54 Å². The highest BCUT2D eigenvalue weighted by molar-refractivity contribution is 7.11. The highest BCUT2D eigenvalue weighted by atomic mass is 32.1. The standard InChI is InChI=1S/C9H14N2S/c10-5-4-9-11-6-8(12-9)7-2-1-3-7/h6-7H,1-5,10H2. The Morgan fingerprint density at radius 1 is 1.58 bits per heavy atom. The molecule has 0 aliphatic heterocycles. The minimum atomic E-state index is 0.720. The second kappa shape index (κ2) is 3.54. The molecular formula is C9H14N2S. The van der Waals surface area contributed by atoms with Crippen LogP contribution < -0.4 is 5.73 Å². The maximum Gasteiger partial charge on any atom is 0.0940 e. The molecule has 1 fully saturated rings. The van der Waals surface area contributed by atoms with Crippen molar-refractivity contribution < 1.29 is 0 Å². The minimum Gasteiger partial charge on any atom is -0.330 e. The molecule has 0 saturated heterocycles. The van der Waals surface area contributed by atoms with Crippen LogP contribution in [0.3, 0.4) is 0 Å². The second-order valence-corrected chi connectivity index (χ2v) is 4.47. The lowest BCUT2D eigenvalue weighted by Gasteiger charge is -2.23. The summed E-state index contributed by atoms with van der Waals surface area (Å²) in [6.45, 7) is 0.720. The lowest BCUT2D eigenvalue weighted by atomic mass is 9.85. The Morgan fingerprint density at radius 2 is 2.42 bits per heavy atom. The van der Waals surface area contributed by atoms with Gasteiger partial charge in [0, 0.05) is 17.5 Å². The van der Waals surface area contributed by atoms with Crippen molar-refractivity contribution >= 4 is 11.3 Å². The Balaban J connectivity index is 2.02. The summed E-state index contributed by atoms with van der Waals surface area (Å²) in [5, 5.41) is 1.21. The molecule has 3 heteroatoms. The number of aromatic nitrogens is 1. The molecule has 2 N–H and O–H groups in total. The number of rotatable bonds is 3. The molecule has 1 aliphatic carbocycles. The van der Waals surface area contributed by atoms with Gasteiger partial charge in [-0.3, -0.25) is 0 Å². The van der Waals surface area contributed by atoms with E-state index in [0.717, 1.165) is 18.9 Å². The minimum absolute atomic E-state index is 0.720. The SMILES string of the molecule is NCCc1ncc(C2CCC2)s1. The zero-order valence-electron chi connectivity index (χ0n) is 7.12. The first-order chi connectivity index (χ1) is 5.90. The molecule has 0 bridgehead atoms. The number of hydrogen-bond acceptors (Lipinski definition) is 3. The number of nitrogens with two attached hydrogens (primary N) is 1. The topological polar surface area (TPSA) is 38.9 Å². The van der Waals surface area contributed by atoms with Gasteiger partial charge < -0.3 is 5.73 Å². The van der Waals surface area contributed by atoms with Crippen LogP contribution >= 0.6 is 11.3 Å². The van der Waals surface area contributed by atoms with E-state index in [-0.39, 0.29) is 0 Å². The van der Waals surface area contributed by atoms with Crippen LogP contribution in [-0.4, -0.2) is 11.5 Å². The van der Waals surface area contributed by atoms with Gasteiger partial charge in [0.25, 0.3) is 0 Å². The Labute approximate surface area is 76.8 Å². The molecule has 66 valence electrons. The maximum absolute atomic E-state index is 5.46. The van der Waals surface area contributed by atoms with Gasteiger partial charge in [0.1, 0.15) is 0 Å². The van der Waals surface area contributed by atoms with Gasteiger partial charge >= 0.3 is 0 Å². The van der Waals surface area contributed by atoms with Gasteiger partial charge in [-0.05, 0) is 25.3 Å². The zero-order valence-corrected chi connectivity index (χ0v) is 7.94. The van der Waals surface area contributed by atoms with E-state index >= 15 is 0 Å². The predicted octanol–water partition coefficient (Wildman–Crippen LogP) is 1.91. The van der Waals surface area contributed by atoms with Gasteiger partial charge in [0.2, 0.25) is 0 Å². The van der Waals surface area contributed by atoms with Crippen molar-refractivity contribution in [1.82, 2.24) is 4.98 Å². The van der Waals surface area contributed by atoms with Crippen LogP contribution in [0.4, 0.5) is 0 Å². The predicted molar refractivity (Wildman–Crippen MR) is 51.5 cm³/mol. The van der Waals surface area contributed by atoms with Crippen LogP contribution in [0.5, 0.6) is 0 Å². The summed E-state index contributed by atoms with van der Waals surface area (Å²) >= 11 is 1.85. The number of hydrogen-bond donors (Lipinski definition) is 1. The molecule has 1 saturated carbocycles. The van der Waals surface area contributed by atoms with Gasteiger partial charge in [-0.15, -0.1) is 11.3 Å². The van der Waals surface area contributed by atoms with Crippen molar-refractivity contribution in [3.63, 3.8) is 0 Å². The van der Waals surface area contributed by atoms with Crippen LogP contribution in [0.25, 0.3) is 0 Å². The Morgan fingerprint density at radius 3 is 3.00 bits per heavy atom. The zero-order chi connectivity index (χ0) is 8.39. The van der Waals surface area contributed by atoms with Gasteiger partial charge in [0.05, 0.1) is 5.01 Å². The highest BCUT2D eigenvalue weighted by Gasteiger charge is 2.21. The average molecular weight is 182 g/mol. The number of nitrogens with zero attached hydrogens (tertiary/aromatic N) is 1. The lowest BCUT2D eigenvalue weighted by Crippen LogP contribution is -2.06. The fourth-order valence-electron chi connectivity index (χ4n) is 1.44. The quantitative estimate of drug-likeness (QED) is 0.775. The number of thiazole rings is 1. The molecule has 12 heavy (non-hydrogen) atoms. The lowest BCUT2D eigenvalue weighted by molar-refractivity contribution is 0.425. The largest absolute Gasteiger partial charge is 0.330 e. The summed E-state index contributed by atoms with van der Waals surface area (Å²) in [5.41, 5.74) is 5.46. The van der Waals surface area contributed by atoms with Crippen molar-refractivity contribution in [2.24, 2.45) is 5.73 Å². The molecule has 1 heterocycles. The van der Waals surface area contributed by atoms with E-state index in [2.05, 4.69) is 4.98 Å². The smallest absolute Gasteiger partial charge is 0.0940 e. The van der Waals surface area contributed by atoms with Crippen LogP contribution in [-0.2, 0) is 6.42 Å². The molecule has 0 spiro atoms. The monoisotopic (exact) mass is 182 g/mol. The van der Waals surface area contributed by atoms with E-state index in [0.29, 0.717) is 0 Å². The highest BCUT2D eigenvalue weighted by Crippen LogP contribution is 2.38. The maximum atomic E-state index is 5.46. The van der Waals surface area contributed by atoms with E-state index < -0.39 is 0 Å². The molecule has 2 nitrogen and oxygen atoms in total. The molecular weight excluding hydrogens is 168 g/mol. The summed E-state index contributed by atoms with van der Waals surface area (Å²) in [5.74, 6) is 0.828. The van der Waals surface area contributed by atoms with Crippen molar-refractivity contribution in [2.45, 2.75) is 31.6 Å². The molecule has 1 aromatic heterocycles. The molecule has 0 radical (unpaired) electrons. The third kappa shape index (κ3) is 1.52. The second-order valence-electron chi connectivity index (χ2n) is 3.32. The molecule has 0 aromatic carbocycles. The first-order valence-electron chi connectivity index (χ1n) is 4.55. The van der Waals surface area contributed by atoms with Gasteiger partial charge in [-0.2, -0.15) is 0 Å². The van der Waals surface area contributed by atoms with Gasteiger partial charge in [-0.1, -0.05) is 6.42 Å². The molecule has 2 rings (SSSR count). The summed E-state index contributed by atoms with van der Waals surface area (Å²) in [6, 6.07) is 0. The Kier molecular flexibility index (Phi) is 2.42. The fraction of sp³-hybridized carbons (Fsp3) is 0.667. The summed E-state index contributed by atoms with van der Waals surface area (Å²) in [6.07, 6.45) is 7.11. The summed E-state index contributed by atoms with van der Waals surface area (Å²) in [7, 11) is 0. The van der Waals surface area contributed by atoms with Crippen molar-refractivity contribution in [3.8, 4) is 0 Å². The summed E-state index contributed by atoms with van der Waals surface area (Å²) in [4.78, 5) is 5.82. The first kappa shape index (κ1) is 8.20. The summed E-state index contributed by atoms with van der Waals surface area (Å²) < 4.78 is 0. The third-order valence-corrected chi connectivity index (χ3v) is 3.66. The molecule has 1 aromatic rings. The van der Waals surface area contributed by atoms with E-state index in [1.807, 2.05) is 17.5 Å². The van der Waals surface area contributed by atoms with Crippen LogP contribution in [0, 0.1) is 0 Å². The molecule has 0 amide bonds. The third-order valence-electron chi connectivity index (χ3n) is 2.44. The van der Waals surface area contributed by atoms with E-state index in [4.69, 9.17) is 5.73 Å². The van der Waals surface area contributed by atoms with Gasteiger partial charge in [0.15, 0.2) is 0 Å². The molecule has 0 unspecified atom stereocenters. The van der Waals surface area contributed by atoms with Crippen LogP contribution in [0.1, 0.15) is 35.1 Å². The Hall–Kier alpha value is -0.410. The molecule has 0 atom stereocenters. The first-order valence-corrected chi connectivity index (χ1v) is 5.36. The van der Waals surface area contributed by atoms with Crippen LogP contribution in [0.15, 0.2) is 6.20 Å². The van der Waals surface area contributed by atoms with Gasteiger partial charge in [-0.25, -0.2) is 4.98 Å². The average Bonchev–Trinajstić information content (AvgIpc) is 2.34. The van der Waals surface area contributed by atoms with E-state index in [1.54, 1.807) is 0 Å². The van der Waals surface area contributed by atoms with Crippen LogP contribution in [0.2, 0.25) is 0 Å².